The van der Waals surface area contributed by atoms with Gasteiger partial charge in [-0.1, -0.05) is 6.92 Å². The lowest BCUT2D eigenvalue weighted by molar-refractivity contribution is 0.927. The van der Waals surface area contributed by atoms with Crippen LogP contribution in [0.3, 0.4) is 0 Å². The number of hydrogen-bond donors (Lipinski definition) is 1. The molecule has 0 radical (unpaired) electrons. The molecule has 2 aromatic rings. The zero-order chi connectivity index (χ0) is 9.97. The summed E-state index contributed by atoms with van der Waals surface area (Å²) in [5.41, 5.74) is 6.61. The van der Waals surface area contributed by atoms with E-state index in [1.807, 2.05) is 0 Å². The molecule has 0 aliphatic rings. The molecule has 0 aliphatic carbocycles. The van der Waals surface area contributed by atoms with Gasteiger partial charge in [0.2, 0.25) is 0 Å². The zero-order valence-electron chi connectivity index (χ0n) is 8.16. The zero-order valence-corrected chi connectivity index (χ0v) is 8.97. The molecular weight excluding hydrogens is 194 g/mol. The summed E-state index contributed by atoms with van der Waals surface area (Å²) in [5.74, 6) is 0. The molecule has 3 nitrogen and oxygen atoms in total. The van der Waals surface area contributed by atoms with Crippen LogP contribution in [-0.2, 0) is 12.8 Å². The molecule has 0 atom stereocenters. The van der Waals surface area contributed by atoms with Gasteiger partial charge in [0, 0.05) is 16.7 Å². The van der Waals surface area contributed by atoms with Crippen LogP contribution in [0.25, 0.3) is 10.2 Å². The third-order valence-electron chi connectivity index (χ3n) is 2.19. The van der Waals surface area contributed by atoms with Gasteiger partial charge in [0.15, 0.2) is 0 Å². The molecule has 2 aromatic heterocycles. The first-order valence-corrected chi connectivity index (χ1v) is 5.59. The topological polar surface area (TPSA) is 51.8 Å². The Bertz CT molecular complexity index is 436. The molecule has 14 heavy (non-hydrogen) atoms. The van der Waals surface area contributed by atoms with Gasteiger partial charge in [0.25, 0.3) is 0 Å². The van der Waals surface area contributed by atoms with E-state index in [9.17, 15) is 0 Å². The first-order valence-electron chi connectivity index (χ1n) is 4.77. The van der Waals surface area contributed by atoms with Crippen molar-refractivity contribution in [2.24, 2.45) is 5.73 Å². The molecule has 0 amide bonds. The summed E-state index contributed by atoms with van der Waals surface area (Å²) in [4.78, 5) is 11.0. The summed E-state index contributed by atoms with van der Waals surface area (Å²) in [6.07, 6.45) is 3.52. The number of aryl methyl sites for hydroxylation is 1. The molecule has 2 rings (SSSR count). The minimum absolute atomic E-state index is 0.642. The predicted octanol–water partition coefficient (Wildman–Crippen LogP) is 1.75. The molecule has 0 bridgehead atoms. The van der Waals surface area contributed by atoms with Gasteiger partial charge in [0.1, 0.15) is 11.2 Å². The Morgan fingerprint density at radius 3 is 3.00 bits per heavy atom. The maximum absolute atomic E-state index is 5.53. The van der Waals surface area contributed by atoms with Crippen LogP contribution in [0.2, 0.25) is 0 Å². The lowest BCUT2D eigenvalue weighted by Crippen LogP contribution is -2.04. The third-order valence-corrected chi connectivity index (χ3v) is 3.38. The van der Waals surface area contributed by atoms with Gasteiger partial charge in [-0.05, 0) is 19.0 Å². The molecule has 4 heteroatoms. The van der Waals surface area contributed by atoms with Crippen molar-refractivity contribution in [2.75, 3.05) is 6.54 Å². The van der Waals surface area contributed by atoms with Crippen molar-refractivity contribution >= 4 is 21.6 Å². The standard InChI is InChI=1S/C10H13N3S/c1-2-7-5-8-9(3-4-11)12-6-13-10(8)14-7/h5-6H,2-4,11H2,1H3. The van der Waals surface area contributed by atoms with Crippen molar-refractivity contribution in [3.05, 3.63) is 23.0 Å². The predicted molar refractivity (Wildman–Crippen MR) is 59.6 cm³/mol. The summed E-state index contributed by atoms with van der Waals surface area (Å²) in [6, 6.07) is 2.19. The van der Waals surface area contributed by atoms with Crippen molar-refractivity contribution in [3.8, 4) is 0 Å². The van der Waals surface area contributed by atoms with Gasteiger partial charge < -0.3 is 5.73 Å². The van der Waals surface area contributed by atoms with Crippen LogP contribution < -0.4 is 5.73 Å². The number of rotatable bonds is 3. The highest BCUT2D eigenvalue weighted by atomic mass is 32.1. The largest absolute Gasteiger partial charge is 0.330 e. The van der Waals surface area contributed by atoms with E-state index in [4.69, 9.17) is 5.73 Å². The summed E-state index contributed by atoms with van der Waals surface area (Å²) in [6.45, 7) is 2.80. The van der Waals surface area contributed by atoms with Crippen LogP contribution in [0.1, 0.15) is 17.5 Å². The van der Waals surface area contributed by atoms with Crippen LogP contribution in [-0.4, -0.2) is 16.5 Å². The minimum atomic E-state index is 0.642. The summed E-state index contributed by atoms with van der Waals surface area (Å²) >= 11 is 1.75. The van der Waals surface area contributed by atoms with Crippen LogP contribution in [0.15, 0.2) is 12.4 Å². The van der Waals surface area contributed by atoms with Gasteiger partial charge in [0.05, 0.1) is 5.69 Å². The van der Waals surface area contributed by atoms with E-state index >= 15 is 0 Å². The van der Waals surface area contributed by atoms with E-state index < -0.39 is 0 Å². The molecule has 2 heterocycles. The molecule has 0 fully saturated rings. The van der Waals surface area contributed by atoms with E-state index in [1.54, 1.807) is 17.7 Å². The van der Waals surface area contributed by atoms with E-state index in [2.05, 4.69) is 23.0 Å². The first-order chi connectivity index (χ1) is 6.85. The number of thiophene rings is 1. The fourth-order valence-corrected chi connectivity index (χ4v) is 2.42. The second kappa shape index (κ2) is 4.02. The molecule has 74 valence electrons. The average Bonchev–Trinajstić information content (AvgIpc) is 2.62. The average molecular weight is 207 g/mol. The highest BCUT2D eigenvalue weighted by molar-refractivity contribution is 7.18. The number of nitrogens with two attached hydrogens (primary N) is 1. The summed E-state index contributed by atoms with van der Waals surface area (Å²) in [7, 11) is 0. The van der Waals surface area contributed by atoms with Crippen molar-refractivity contribution in [3.63, 3.8) is 0 Å². The molecule has 2 N–H and O–H groups in total. The van der Waals surface area contributed by atoms with Gasteiger partial charge in [-0.3, -0.25) is 0 Å². The highest BCUT2D eigenvalue weighted by Gasteiger charge is 2.06. The van der Waals surface area contributed by atoms with Gasteiger partial charge in [-0.25, -0.2) is 9.97 Å². The highest BCUT2D eigenvalue weighted by Crippen LogP contribution is 2.25. The Kier molecular flexibility index (Phi) is 2.74. The van der Waals surface area contributed by atoms with Gasteiger partial charge >= 0.3 is 0 Å². The lowest BCUT2D eigenvalue weighted by atomic mass is 10.2. The Hall–Kier alpha value is -1.00. The number of nitrogens with zero attached hydrogens (tertiary/aromatic N) is 2. The first kappa shape index (κ1) is 9.55. The second-order valence-corrected chi connectivity index (χ2v) is 4.26. The van der Waals surface area contributed by atoms with Crippen molar-refractivity contribution in [1.29, 1.82) is 0 Å². The van der Waals surface area contributed by atoms with Gasteiger partial charge in [-0.2, -0.15) is 0 Å². The maximum atomic E-state index is 5.53. The fraction of sp³-hybridized carbons (Fsp3) is 0.400. The molecular formula is C10H13N3S. The van der Waals surface area contributed by atoms with E-state index in [0.717, 1.165) is 23.4 Å². The normalized spacial score (nSPS) is 11.0. The Morgan fingerprint density at radius 2 is 2.29 bits per heavy atom. The number of aromatic nitrogens is 2. The van der Waals surface area contributed by atoms with Gasteiger partial charge in [-0.15, -0.1) is 11.3 Å². The molecule has 0 unspecified atom stereocenters. The lowest BCUT2D eigenvalue weighted by Gasteiger charge is -1.97. The third kappa shape index (κ3) is 1.63. The summed E-state index contributed by atoms with van der Waals surface area (Å²) < 4.78 is 0. The smallest absolute Gasteiger partial charge is 0.127 e. The summed E-state index contributed by atoms with van der Waals surface area (Å²) in [5, 5.41) is 1.18. The minimum Gasteiger partial charge on any atom is -0.330 e. The second-order valence-electron chi connectivity index (χ2n) is 3.14. The SMILES string of the molecule is CCc1cc2c(CCN)ncnc2s1. The Morgan fingerprint density at radius 1 is 1.43 bits per heavy atom. The molecule has 0 aromatic carbocycles. The van der Waals surface area contributed by atoms with Crippen LogP contribution in [0.4, 0.5) is 0 Å². The quantitative estimate of drug-likeness (QED) is 0.834. The monoisotopic (exact) mass is 207 g/mol. The van der Waals surface area contributed by atoms with E-state index in [0.29, 0.717) is 6.54 Å². The van der Waals surface area contributed by atoms with Crippen LogP contribution in [0, 0.1) is 0 Å². The number of fused-ring (bicyclic) bond motifs is 1. The fourth-order valence-electron chi connectivity index (χ4n) is 1.46. The Balaban J connectivity index is 2.55. The Labute approximate surface area is 87.0 Å². The molecule has 0 aliphatic heterocycles. The van der Waals surface area contributed by atoms with E-state index in [1.165, 1.54) is 10.3 Å². The van der Waals surface area contributed by atoms with Crippen molar-refractivity contribution < 1.29 is 0 Å². The molecule has 0 saturated heterocycles. The van der Waals surface area contributed by atoms with Crippen molar-refractivity contribution in [1.82, 2.24) is 9.97 Å². The van der Waals surface area contributed by atoms with Crippen LogP contribution >= 0.6 is 11.3 Å². The number of hydrogen-bond acceptors (Lipinski definition) is 4. The molecule has 0 spiro atoms. The maximum Gasteiger partial charge on any atom is 0.127 e. The van der Waals surface area contributed by atoms with Crippen molar-refractivity contribution in [2.45, 2.75) is 19.8 Å². The van der Waals surface area contributed by atoms with Crippen LogP contribution in [0.5, 0.6) is 0 Å². The van der Waals surface area contributed by atoms with E-state index in [-0.39, 0.29) is 0 Å². The molecule has 0 saturated carbocycles.